The summed E-state index contributed by atoms with van der Waals surface area (Å²) in [5, 5.41) is 14.6. The molecule has 0 fully saturated rings. The Morgan fingerprint density at radius 3 is 2.60 bits per heavy atom. The summed E-state index contributed by atoms with van der Waals surface area (Å²) in [6.45, 7) is 1.72. The van der Waals surface area contributed by atoms with Gasteiger partial charge in [0.05, 0.1) is 28.1 Å². The van der Waals surface area contributed by atoms with Crippen LogP contribution in [-0.4, -0.2) is 32.3 Å². The third-order valence-corrected chi connectivity index (χ3v) is 5.55. The highest BCUT2D eigenvalue weighted by Crippen LogP contribution is 2.23. The van der Waals surface area contributed by atoms with Crippen LogP contribution < -0.4 is 10.6 Å². The number of hydrogen-bond acceptors (Lipinski definition) is 5. The normalized spacial score (nSPS) is 11.7. The third kappa shape index (κ3) is 5.17. The van der Waals surface area contributed by atoms with E-state index in [1.165, 1.54) is 30.0 Å². The molecule has 0 aliphatic rings. The van der Waals surface area contributed by atoms with Crippen molar-refractivity contribution >= 4 is 40.9 Å². The maximum atomic E-state index is 13.8. The van der Waals surface area contributed by atoms with Gasteiger partial charge in [-0.25, -0.2) is 4.39 Å². The first kappa shape index (κ1) is 21.8. The molecule has 0 saturated carbocycles. The van der Waals surface area contributed by atoms with Gasteiger partial charge in [-0.3, -0.25) is 9.59 Å². The number of para-hydroxylation sites is 1. The van der Waals surface area contributed by atoms with Crippen LogP contribution in [0.15, 0.2) is 53.7 Å². The molecule has 3 rings (SSSR count). The quantitative estimate of drug-likeness (QED) is 0.537. The predicted molar refractivity (Wildman–Crippen MR) is 114 cm³/mol. The standard InChI is InChI=1S/C20H19ClFN5O2S/c1-12(23-19(29)13-7-3-5-9-15(13)22)18-25-26-20(27(18)2)30-11-17(28)24-16-10-6-4-8-14(16)21/h3-10,12H,11H2,1-2H3,(H,23,29)(H,24,28). The lowest BCUT2D eigenvalue weighted by atomic mass is 10.2. The zero-order chi connectivity index (χ0) is 21.7. The van der Waals surface area contributed by atoms with E-state index >= 15 is 0 Å². The second-order valence-electron chi connectivity index (χ2n) is 6.39. The first-order chi connectivity index (χ1) is 14.4. The molecule has 1 unspecified atom stereocenters. The SMILES string of the molecule is CC(NC(=O)c1ccccc1F)c1nnc(SCC(=O)Nc2ccccc2Cl)n1C. The number of carbonyl (C=O) groups excluding carboxylic acids is 2. The maximum absolute atomic E-state index is 13.8. The Bertz CT molecular complexity index is 1070. The molecule has 0 radical (unpaired) electrons. The van der Waals surface area contributed by atoms with E-state index in [1.807, 2.05) is 0 Å². The van der Waals surface area contributed by atoms with Crippen molar-refractivity contribution in [3.05, 3.63) is 70.8 Å². The molecule has 0 aliphatic carbocycles. The summed E-state index contributed by atoms with van der Waals surface area (Å²) in [5.74, 6) is -0.794. The Hall–Kier alpha value is -2.91. The summed E-state index contributed by atoms with van der Waals surface area (Å²) in [6.07, 6.45) is 0. The zero-order valence-electron chi connectivity index (χ0n) is 16.2. The van der Waals surface area contributed by atoms with Crippen LogP contribution in [-0.2, 0) is 11.8 Å². The van der Waals surface area contributed by atoms with E-state index in [0.717, 1.165) is 0 Å². The molecule has 0 spiro atoms. The zero-order valence-corrected chi connectivity index (χ0v) is 17.8. The van der Waals surface area contributed by atoms with E-state index in [2.05, 4.69) is 20.8 Å². The molecule has 156 valence electrons. The first-order valence-electron chi connectivity index (χ1n) is 8.98. The molecular weight excluding hydrogens is 429 g/mol. The van der Waals surface area contributed by atoms with Gasteiger partial charge in [-0.1, -0.05) is 47.6 Å². The molecule has 1 atom stereocenters. The molecule has 30 heavy (non-hydrogen) atoms. The van der Waals surface area contributed by atoms with Crippen molar-refractivity contribution < 1.29 is 14.0 Å². The molecule has 0 aliphatic heterocycles. The van der Waals surface area contributed by atoms with Crippen LogP contribution in [0.2, 0.25) is 5.02 Å². The van der Waals surface area contributed by atoms with Crippen molar-refractivity contribution in [2.45, 2.75) is 18.1 Å². The lowest BCUT2D eigenvalue weighted by molar-refractivity contribution is -0.113. The van der Waals surface area contributed by atoms with Gasteiger partial charge in [0.2, 0.25) is 5.91 Å². The molecule has 0 bridgehead atoms. The molecular formula is C20H19ClFN5O2S. The van der Waals surface area contributed by atoms with Gasteiger partial charge >= 0.3 is 0 Å². The van der Waals surface area contributed by atoms with Gasteiger partial charge in [-0.15, -0.1) is 10.2 Å². The third-order valence-electron chi connectivity index (χ3n) is 4.20. The second kappa shape index (κ2) is 9.73. The highest BCUT2D eigenvalue weighted by atomic mass is 35.5. The number of benzene rings is 2. The first-order valence-corrected chi connectivity index (χ1v) is 10.3. The highest BCUT2D eigenvalue weighted by molar-refractivity contribution is 7.99. The minimum Gasteiger partial charge on any atom is -0.342 e. The van der Waals surface area contributed by atoms with Crippen LogP contribution in [0.5, 0.6) is 0 Å². The van der Waals surface area contributed by atoms with E-state index < -0.39 is 17.8 Å². The summed E-state index contributed by atoms with van der Waals surface area (Å²) in [5.41, 5.74) is 0.491. The lowest BCUT2D eigenvalue weighted by Crippen LogP contribution is -2.29. The number of thioether (sulfide) groups is 1. The van der Waals surface area contributed by atoms with Gasteiger partial charge in [-0.05, 0) is 31.2 Å². The summed E-state index contributed by atoms with van der Waals surface area (Å²) in [4.78, 5) is 24.5. The molecule has 7 nitrogen and oxygen atoms in total. The highest BCUT2D eigenvalue weighted by Gasteiger charge is 2.20. The van der Waals surface area contributed by atoms with Crippen LogP contribution in [0.3, 0.4) is 0 Å². The van der Waals surface area contributed by atoms with Gasteiger partial charge in [0.1, 0.15) is 5.82 Å². The number of carbonyl (C=O) groups is 2. The number of rotatable bonds is 7. The second-order valence-corrected chi connectivity index (χ2v) is 7.74. The lowest BCUT2D eigenvalue weighted by Gasteiger charge is -2.14. The Morgan fingerprint density at radius 1 is 1.17 bits per heavy atom. The summed E-state index contributed by atoms with van der Waals surface area (Å²) in [6, 6.07) is 12.2. The molecule has 2 amide bonds. The average Bonchev–Trinajstić information content (AvgIpc) is 3.09. The molecule has 0 saturated heterocycles. The number of aromatic nitrogens is 3. The van der Waals surface area contributed by atoms with Crippen LogP contribution in [0, 0.1) is 5.82 Å². The molecule has 2 aromatic carbocycles. The van der Waals surface area contributed by atoms with Crippen molar-refractivity contribution in [2.75, 3.05) is 11.1 Å². The number of nitrogens with one attached hydrogen (secondary N) is 2. The molecule has 10 heteroatoms. The number of amides is 2. The minimum absolute atomic E-state index is 0.0441. The van der Waals surface area contributed by atoms with E-state index in [-0.39, 0.29) is 17.2 Å². The molecule has 1 heterocycles. The summed E-state index contributed by atoms with van der Waals surface area (Å²) >= 11 is 7.24. The molecule has 1 aromatic heterocycles. The van der Waals surface area contributed by atoms with Crippen molar-refractivity contribution in [2.24, 2.45) is 7.05 Å². The Kier molecular flexibility index (Phi) is 7.07. The summed E-state index contributed by atoms with van der Waals surface area (Å²) in [7, 11) is 1.73. The minimum atomic E-state index is -0.596. The number of halogens is 2. The summed E-state index contributed by atoms with van der Waals surface area (Å²) < 4.78 is 15.5. The monoisotopic (exact) mass is 447 g/mol. The largest absolute Gasteiger partial charge is 0.342 e. The van der Waals surface area contributed by atoms with Gasteiger partial charge in [-0.2, -0.15) is 0 Å². The fourth-order valence-electron chi connectivity index (χ4n) is 2.69. The van der Waals surface area contributed by atoms with E-state index in [4.69, 9.17) is 11.6 Å². The van der Waals surface area contributed by atoms with Crippen LogP contribution >= 0.6 is 23.4 Å². The molecule has 2 N–H and O–H groups in total. The van der Waals surface area contributed by atoms with Crippen molar-refractivity contribution in [1.29, 1.82) is 0 Å². The van der Waals surface area contributed by atoms with Crippen LogP contribution in [0.1, 0.15) is 29.1 Å². The maximum Gasteiger partial charge on any atom is 0.254 e. The topological polar surface area (TPSA) is 88.9 Å². The Balaban J connectivity index is 1.60. The Labute approximate surface area is 182 Å². The van der Waals surface area contributed by atoms with Gasteiger partial charge in [0, 0.05) is 7.05 Å². The van der Waals surface area contributed by atoms with Crippen molar-refractivity contribution in [1.82, 2.24) is 20.1 Å². The Morgan fingerprint density at radius 2 is 1.87 bits per heavy atom. The van der Waals surface area contributed by atoms with E-state index in [9.17, 15) is 14.0 Å². The number of nitrogens with zero attached hydrogens (tertiary/aromatic N) is 3. The smallest absolute Gasteiger partial charge is 0.254 e. The van der Waals surface area contributed by atoms with Crippen LogP contribution in [0.25, 0.3) is 0 Å². The van der Waals surface area contributed by atoms with Gasteiger partial charge in [0.25, 0.3) is 5.91 Å². The van der Waals surface area contributed by atoms with E-state index in [1.54, 1.807) is 48.9 Å². The number of hydrogen-bond donors (Lipinski definition) is 2. The van der Waals surface area contributed by atoms with Crippen molar-refractivity contribution in [3.63, 3.8) is 0 Å². The fourth-order valence-corrected chi connectivity index (χ4v) is 3.59. The van der Waals surface area contributed by atoms with Gasteiger partial charge < -0.3 is 15.2 Å². The fraction of sp³-hybridized carbons (Fsp3) is 0.200. The predicted octanol–water partition coefficient (Wildman–Crippen LogP) is 3.83. The van der Waals surface area contributed by atoms with Crippen molar-refractivity contribution in [3.8, 4) is 0 Å². The van der Waals surface area contributed by atoms with E-state index in [0.29, 0.717) is 21.7 Å². The van der Waals surface area contributed by atoms with Crippen LogP contribution in [0.4, 0.5) is 10.1 Å². The number of anilines is 1. The molecule has 3 aromatic rings. The average molecular weight is 448 g/mol. The van der Waals surface area contributed by atoms with Gasteiger partial charge in [0.15, 0.2) is 11.0 Å².